The Morgan fingerprint density at radius 1 is 1.33 bits per heavy atom. The number of amides is 1. The summed E-state index contributed by atoms with van der Waals surface area (Å²) < 4.78 is 0. The number of rotatable bonds is 5. The van der Waals surface area contributed by atoms with Crippen LogP contribution >= 0.6 is 0 Å². The summed E-state index contributed by atoms with van der Waals surface area (Å²) in [6.07, 6.45) is 1.59. The minimum Gasteiger partial charge on any atom is -0.481 e. The monoisotopic (exact) mass is 257 g/mol. The number of hydrogen-bond acceptors (Lipinski definition) is 3. The number of hydrogen-bond donors (Lipinski definition) is 3. The smallest absolute Gasteiger partial charge is 0.306 e. The fourth-order valence-corrected chi connectivity index (χ4v) is 2.06. The van der Waals surface area contributed by atoms with Crippen LogP contribution in [0.1, 0.15) is 40.0 Å². The molecule has 0 aromatic carbocycles. The summed E-state index contributed by atoms with van der Waals surface area (Å²) in [5, 5.41) is 21.6. The molecule has 1 aliphatic rings. The Morgan fingerprint density at radius 3 is 2.33 bits per heavy atom. The summed E-state index contributed by atoms with van der Waals surface area (Å²) in [6, 6.07) is 0. The average Bonchev–Trinajstić information content (AvgIpc) is 2.75. The van der Waals surface area contributed by atoms with Crippen molar-refractivity contribution in [1.82, 2.24) is 5.32 Å². The van der Waals surface area contributed by atoms with Gasteiger partial charge in [-0.25, -0.2) is 0 Å². The second kappa shape index (κ2) is 5.69. The van der Waals surface area contributed by atoms with Gasteiger partial charge >= 0.3 is 5.97 Å². The van der Waals surface area contributed by atoms with Crippen molar-refractivity contribution in [2.24, 2.45) is 17.8 Å². The maximum atomic E-state index is 11.9. The molecule has 5 nitrogen and oxygen atoms in total. The number of nitrogens with one attached hydrogen (secondary N) is 1. The van der Waals surface area contributed by atoms with Gasteiger partial charge in [-0.05, 0) is 32.1 Å². The number of carbonyl (C=O) groups excluding carboxylic acids is 1. The first-order valence-electron chi connectivity index (χ1n) is 6.47. The molecule has 1 saturated carbocycles. The van der Waals surface area contributed by atoms with Crippen LogP contribution in [0.25, 0.3) is 0 Å². The minimum atomic E-state index is -0.930. The summed E-state index contributed by atoms with van der Waals surface area (Å²) in [5.74, 6) is -1.53. The molecule has 0 bridgehead atoms. The third-order valence-corrected chi connectivity index (χ3v) is 4.02. The van der Waals surface area contributed by atoms with Crippen molar-refractivity contribution in [3.63, 3.8) is 0 Å². The number of carboxylic acid groups (broad SMARTS) is 1. The molecule has 18 heavy (non-hydrogen) atoms. The van der Waals surface area contributed by atoms with Gasteiger partial charge in [-0.3, -0.25) is 9.59 Å². The molecule has 1 unspecified atom stereocenters. The van der Waals surface area contributed by atoms with Crippen LogP contribution in [0, 0.1) is 17.8 Å². The van der Waals surface area contributed by atoms with E-state index in [1.807, 2.05) is 13.8 Å². The van der Waals surface area contributed by atoms with Crippen molar-refractivity contribution in [3.8, 4) is 0 Å². The van der Waals surface area contributed by atoms with Crippen LogP contribution in [0.15, 0.2) is 0 Å². The highest BCUT2D eigenvalue weighted by Gasteiger charge is 2.34. The van der Waals surface area contributed by atoms with Crippen molar-refractivity contribution >= 4 is 11.9 Å². The number of carboxylic acids is 1. The van der Waals surface area contributed by atoms with Gasteiger partial charge in [0.2, 0.25) is 5.91 Å². The zero-order valence-electron chi connectivity index (χ0n) is 11.3. The van der Waals surface area contributed by atoms with Crippen molar-refractivity contribution in [3.05, 3.63) is 0 Å². The van der Waals surface area contributed by atoms with Crippen LogP contribution in [-0.4, -0.2) is 34.2 Å². The van der Waals surface area contributed by atoms with E-state index in [0.717, 1.165) is 0 Å². The highest BCUT2D eigenvalue weighted by molar-refractivity contribution is 5.80. The highest BCUT2D eigenvalue weighted by Crippen LogP contribution is 2.31. The summed E-state index contributed by atoms with van der Waals surface area (Å²) >= 11 is 0. The molecule has 104 valence electrons. The van der Waals surface area contributed by atoms with Crippen molar-refractivity contribution < 1.29 is 19.8 Å². The summed E-state index contributed by atoms with van der Waals surface area (Å²) in [6.45, 7) is 5.68. The molecule has 0 saturated heterocycles. The fourth-order valence-electron chi connectivity index (χ4n) is 2.06. The van der Waals surface area contributed by atoms with E-state index in [-0.39, 0.29) is 24.3 Å². The van der Waals surface area contributed by atoms with E-state index >= 15 is 0 Å². The lowest BCUT2D eigenvalue weighted by Crippen LogP contribution is -2.45. The van der Waals surface area contributed by atoms with Gasteiger partial charge in [-0.15, -0.1) is 0 Å². The first-order valence-corrected chi connectivity index (χ1v) is 6.47. The summed E-state index contributed by atoms with van der Waals surface area (Å²) in [4.78, 5) is 22.7. The quantitative estimate of drug-likeness (QED) is 0.686. The molecule has 0 aromatic rings. The SMILES string of the molecule is CC(C)C(C)(O)CNC(=O)[C@@H]1CC[C@H](C(=O)O)C1. The lowest BCUT2D eigenvalue weighted by atomic mass is 9.92. The van der Waals surface area contributed by atoms with Crippen LogP contribution in [0.4, 0.5) is 0 Å². The Labute approximate surface area is 108 Å². The van der Waals surface area contributed by atoms with Crippen molar-refractivity contribution in [2.75, 3.05) is 6.54 Å². The molecule has 0 spiro atoms. The standard InChI is InChI=1S/C13H23NO4/c1-8(2)13(3,18)7-14-11(15)9-4-5-10(6-9)12(16)17/h8-10,18H,4-7H2,1-3H3,(H,14,15)(H,16,17)/t9-,10+,13?/m1/s1. The molecule has 1 fully saturated rings. The first-order chi connectivity index (χ1) is 8.24. The van der Waals surface area contributed by atoms with Gasteiger partial charge in [-0.1, -0.05) is 13.8 Å². The average molecular weight is 257 g/mol. The third-order valence-electron chi connectivity index (χ3n) is 4.02. The summed E-state index contributed by atoms with van der Waals surface area (Å²) in [7, 11) is 0. The van der Waals surface area contributed by atoms with E-state index in [9.17, 15) is 14.7 Å². The van der Waals surface area contributed by atoms with Crippen LogP contribution in [0.2, 0.25) is 0 Å². The van der Waals surface area contributed by atoms with Gasteiger partial charge in [0.25, 0.3) is 0 Å². The highest BCUT2D eigenvalue weighted by atomic mass is 16.4. The van der Waals surface area contributed by atoms with Crippen LogP contribution in [-0.2, 0) is 9.59 Å². The molecule has 1 aliphatic carbocycles. The van der Waals surface area contributed by atoms with Crippen molar-refractivity contribution in [1.29, 1.82) is 0 Å². The van der Waals surface area contributed by atoms with E-state index in [1.54, 1.807) is 6.92 Å². The molecular formula is C13H23NO4. The predicted molar refractivity (Wildman–Crippen MR) is 66.9 cm³/mol. The van der Waals surface area contributed by atoms with E-state index < -0.39 is 17.5 Å². The number of aliphatic hydroxyl groups is 1. The molecule has 5 heteroatoms. The van der Waals surface area contributed by atoms with Gasteiger partial charge in [0, 0.05) is 12.5 Å². The second-order valence-electron chi connectivity index (χ2n) is 5.77. The Kier molecular flexibility index (Phi) is 4.73. The van der Waals surface area contributed by atoms with E-state index in [0.29, 0.717) is 19.3 Å². The topological polar surface area (TPSA) is 86.6 Å². The maximum Gasteiger partial charge on any atom is 0.306 e. The molecule has 1 rings (SSSR count). The normalized spacial score (nSPS) is 26.9. The van der Waals surface area contributed by atoms with E-state index in [4.69, 9.17) is 5.11 Å². The molecule has 0 heterocycles. The zero-order chi connectivity index (χ0) is 13.9. The number of carbonyl (C=O) groups is 2. The van der Waals surface area contributed by atoms with E-state index in [1.165, 1.54) is 0 Å². The van der Waals surface area contributed by atoms with Gasteiger partial charge < -0.3 is 15.5 Å². The van der Waals surface area contributed by atoms with Gasteiger partial charge in [-0.2, -0.15) is 0 Å². The van der Waals surface area contributed by atoms with Crippen molar-refractivity contribution in [2.45, 2.75) is 45.6 Å². The second-order valence-corrected chi connectivity index (χ2v) is 5.77. The third kappa shape index (κ3) is 3.70. The first kappa shape index (κ1) is 15.0. The van der Waals surface area contributed by atoms with E-state index in [2.05, 4.69) is 5.32 Å². The summed E-state index contributed by atoms with van der Waals surface area (Å²) in [5.41, 5.74) is -0.930. The zero-order valence-corrected chi connectivity index (χ0v) is 11.3. The maximum absolute atomic E-state index is 11.9. The molecule has 0 radical (unpaired) electrons. The van der Waals surface area contributed by atoms with Crippen LogP contribution in [0.3, 0.4) is 0 Å². The Balaban J connectivity index is 2.41. The molecule has 0 aliphatic heterocycles. The van der Waals surface area contributed by atoms with Crippen LogP contribution < -0.4 is 5.32 Å². The lowest BCUT2D eigenvalue weighted by Gasteiger charge is -2.28. The number of aliphatic carboxylic acids is 1. The molecular weight excluding hydrogens is 234 g/mol. The van der Waals surface area contributed by atoms with Gasteiger partial charge in [0.05, 0.1) is 11.5 Å². The van der Waals surface area contributed by atoms with Gasteiger partial charge in [0.15, 0.2) is 0 Å². The Hall–Kier alpha value is -1.10. The lowest BCUT2D eigenvalue weighted by molar-refractivity contribution is -0.141. The molecule has 3 atom stereocenters. The molecule has 0 aromatic heterocycles. The largest absolute Gasteiger partial charge is 0.481 e. The fraction of sp³-hybridized carbons (Fsp3) is 0.846. The Morgan fingerprint density at radius 2 is 1.89 bits per heavy atom. The van der Waals surface area contributed by atoms with Gasteiger partial charge in [0.1, 0.15) is 0 Å². The molecule has 3 N–H and O–H groups in total. The minimum absolute atomic E-state index is 0.0492. The Bertz CT molecular complexity index is 325. The van der Waals surface area contributed by atoms with Crippen LogP contribution in [0.5, 0.6) is 0 Å². The molecule has 1 amide bonds. The predicted octanol–water partition coefficient (Wildman–Crippen LogP) is 1.01.